The topological polar surface area (TPSA) is 34.1 Å². The SMILES string of the molecule is CCC(C)c1ccc(C(=O)c2ccccc2)cc1.CCC(C)c1ccccc1.CCl.O=C(Cl)c1ccccc1. The van der Waals surface area contributed by atoms with Crippen molar-refractivity contribution in [2.24, 2.45) is 0 Å². The molecule has 0 aliphatic heterocycles. The van der Waals surface area contributed by atoms with Gasteiger partial charge in [0, 0.05) is 23.1 Å². The van der Waals surface area contributed by atoms with Crippen molar-refractivity contribution >= 4 is 34.2 Å². The van der Waals surface area contributed by atoms with Gasteiger partial charge in [-0.1, -0.05) is 143 Å². The molecule has 0 amide bonds. The van der Waals surface area contributed by atoms with Crippen LogP contribution in [0.4, 0.5) is 0 Å². The monoisotopic (exact) mass is 562 g/mol. The molecule has 206 valence electrons. The van der Waals surface area contributed by atoms with Gasteiger partial charge in [-0.05, 0) is 47.4 Å². The average molecular weight is 564 g/mol. The Labute approximate surface area is 245 Å². The van der Waals surface area contributed by atoms with Crippen molar-refractivity contribution in [2.75, 3.05) is 6.38 Å². The van der Waals surface area contributed by atoms with Gasteiger partial charge in [0.05, 0.1) is 0 Å². The second kappa shape index (κ2) is 19.8. The summed E-state index contributed by atoms with van der Waals surface area (Å²) in [5, 5.41) is -0.407. The van der Waals surface area contributed by atoms with Crippen LogP contribution in [0.15, 0.2) is 115 Å². The highest BCUT2D eigenvalue weighted by atomic mass is 35.5. The minimum atomic E-state index is -0.407. The van der Waals surface area contributed by atoms with Crippen LogP contribution < -0.4 is 0 Å². The number of benzene rings is 4. The molecular weight excluding hydrogens is 523 g/mol. The second-order valence-corrected chi connectivity index (χ2v) is 9.33. The standard InChI is InChI=1S/C17H18O.C10H14.C7H5ClO.CH3Cl/c1-3-13(2)14-9-11-16(12-10-14)17(18)15-7-5-4-6-8-15;1-3-9(2)10-7-5-4-6-8-10;8-7(9)6-4-2-1-3-5-6;1-2/h4-13H,3H2,1-2H3;4-9H,3H2,1-2H3;1-5H;1H3. The summed E-state index contributed by atoms with van der Waals surface area (Å²) >= 11 is 9.80. The van der Waals surface area contributed by atoms with Gasteiger partial charge < -0.3 is 0 Å². The molecule has 0 saturated carbocycles. The first-order valence-corrected chi connectivity index (χ1v) is 14.4. The molecule has 4 rings (SSSR count). The van der Waals surface area contributed by atoms with E-state index in [9.17, 15) is 9.59 Å². The molecule has 4 heteroatoms. The number of carbonyl (C=O) groups excluding carboxylic acids is 2. The Balaban J connectivity index is 0.000000307. The van der Waals surface area contributed by atoms with Crippen LogP contribution in [-0.2, 0) is 0 Å². The number of hydrogen-bond donors (Lipinski definition) is 0. The third-order valence-corrected chi connectivity index (χ3v) is 6.59. The van der Waals surface area contributed by atoms with Crippen LogP contribution in [-0.4, -0.2) is 17.4 Å². The number of alkyl halides is 1. The number of ketones is 1. The van der Waals surface area contributed by atoms with E-state index in [0.29, 0.717) is 17.4 Å². The van der Waals surface area contributed by atoms with Gasteiger partial charge in [0.2, 0.25) is 0 Å². The van der Waals surface area contributed by atoms with Crippen molar-refractivity contribution in [3.63, 3.8) is 0 Å². The van der Waals surface area contributed by atoms with Gasteiger partial charge in [-0.2, -0.15) is 0 Å². The lowest BCUT2D eigenvalue weighted by molar-refractivity contribution is 0.103. The Kier molecular flexibility index (Phi) is 17.2. The number of hydrogen-bond acceptors (Lipinski definition) is 2. The van der Waals surface area contributed by atoms with Gasteiger partial charge in [-0.3, -0.25) is 9.59 Å². The Morgan fingerprint density at radius 2 is 0.872 bits per heavy atom. The molecular formula is C35H40Cl2O2. The summed E-state index contributed by atoms with van der Waals surface area (Å²) in [4.78, 5) is 22.6. The highest BCUT2D eigenvalue weighted by molar-refractivity contribution is 6.67. The van der Waals surface area contributed by atoms with Gasteiger partial charge in [0.25, 0.3) is 5.24 Å². The van der Waals surface area contributed by atoms with E-state index < -0.39 is 5.24 Å². The summed E-state index contributed by atoms with van der Waals surface area (Å²) in [5.74, 6) is 1.35. The molecule has 0 saturated heterocycles. The molecule has 0 fully saturated rings. The molecule has 4 aromatic carbocycles. The molecule has 2 atom stereocenters. The van der Waals surface area contributed by atoms with Gasteiger partial charge in [-0.15, -0.1) is 11.6 Å². The predicted molar refractivity (Wildman–Crippen MR) is 169 cm³/mol. The van der Waals surface area contributed by atoms with E-state index in [1.165, 1.54) is 23.9 Å². The fourth-order valence-corrected chi connectivity index (χ4v) is 3.67. The lowest BCUT2D eigenvalue weighted by Gasteiger charge is -2.09. The highest BCUT2D eigenvalue weighted by Gasteiger charge is 2.09. The summed E-state index contributed by atoms with van der Waals surface area (Å²) < 4.78 is 0. The quantitative estimate of drug-likeness (QED) is 0.127. The van der Waals surface area contributed by atoms with E-state index in [1.54, 1.807) is 24.3 Å². The third kappa shape index (κ3) is 12.5. The third-order valence-electron chi connectivity index (χ3n) is 6.37. The van der Waals surface area contributed by atoms with Gasteiger partial charge in [0.15, 0.2) is 5.78 Å². The fraction of sp³-hybridized carbons (Fsp3) is 0.257. The van der Waals surface area contributed by atoms with E-state index in [4.69, 9.17) is 11.6 Å². The largest absolute Gasteiger partial charge is 0.289 e. The molecule has 0 aliphatic rings. The van der Waals surface area contributed by atoms with Gasteiger partial charge in [-0.25, -0.2) is 0 Å². The minimum absolute atomic E-state index is 0.0892. The molecule has 0 bridgehead atoms. The Morgan fingerprint density at radius 1 is 0.538 bits per heavy atom. The molecule has 0 aromatic heterocycles. The molecule has 39 heavy (non-hydrogen) atoms. The fourth-order valence-electron chi connectivity index (χ4n) is 3.54. The van der Waals surface area contributed by atoms with E-state index in [1.807, 2.05) is 48.5 Å². The van der Waals surface area contributed by atoms with Crippen LogP contribution >= 0.6 is 23.2 Å². The molecule has 0 heterocycles. The Hall–Kier alpha value is -3.20. The van der Waals surface area contributed by atoms with E-state index in [2.05, 4.69) is 81.8 Å². The highest BCUT2D eigenvalue weighted by Crippen LogP contribution is 2.20. The van der Waals surface area contributed by atoms with Crippen LogP contribution in [0, 0.1) is 0 Å². The van der Waals surface area contributed by atoms with Crippen molar-refractivity contribution in [3.05, 3.63) is 143 Å². The molecule has 2 unspecified atom stereocenters. The van der Waals surface area contributed by atoms with E-state index in [-0.39, 0.29) is 5.78 Å². The van der Waals surface area contributed by atoms with Crippen molar-refractivity contribution < 1.29 is 9.59 Å². The predicted octanol–water partition coefficient (Wildman–Crippen LogP) is 10.6. The van der Waals surface area contributed by atoms with Crippen molar-refractivity contribution in [2.45, 2.75) is 52.4 Å². The Morgan fingerprint density at radius 3 is 1.23 bits per heavy atom. The van der Waals surface area contributed by atoms with Crippen LogP contribution in [0.25, 0.3) is 0 Å². The normalized spacial score (nSPS) is 11.2. The minimum Gasteiger partial charge on any atom is -0.289 e. The van der Waals surface area contributed by atoms with Gasteiger partial charge >= 0.3 is 0 Å². The summed E-state index contributed by atoms with van der Waals surface area (Å²) in [6.07, 6.45) is 3.82. The maximum atomic E-state index is 12.2. The zero-order valence-corrected chi connectivity index (χ0v) is 25.1. The number of rotatable bonds is 7. The van der Waals surface area contributed by atoms with Crippen LogP contribution in [0.3, 0.4) is 0 Å². The van der Waals surface area contributed by atoms with Crippen molar-refractivity contribution in [1.29, 1.82) is 0 Å². The lowest BCUT2D eigenvalue weighted by Crippen LogP contribution is -2.01. The van der Waals surface area contributed by atoms with Crippen LogP contribution in [0.1, 0.15) is 89.8 Å². The first-order valence-electron chi connectivity index (χ1n) is 13.2. The molecule has 0 radical (unpaired) electrons. The summed E-state index contributed by atoms with van der Waals surface area (Å²) in [5.41, 5.74) is 4.79. The van der Waals surface area contributed by atoms with Crippen molar-refractivity contribution in [1.82, 2.24) is 0 Å². The molecule has 2 nitrogen and oxygen atoms in total. The summed E-state index contributed by atoms with van der Waals surface area (Å²) in [6.45, 7) is 8.86. The molecule has 0 spiro atoms. The first kappa shape index (κ1) is 33.8. The lowest BCUT2D eigenvalue weighted by atomic mass is 9.95. The maximum Gasteiger partial charge on any atom is 0.252 e. The van der Waals surface area contributed by atoms with Crippen molar-refractivity contribution in [3.8, 4) is 0 Å². The Bertz CT molecular complexity index is 1190. The summed E-state index contributed by atoms with van der Waals surface area (Å²) in [7, 11) is 0. The number of carbonyl (C=O) groups is 2. The smallest absolute Gasteiger partial charge is 0.252 e. The van der Waals surface area contributed by atoms with Gasteiger partial charge in [0.1, 0.15) is 0 Å². The zero-order valence-electron chi connectivity index (χ0n) is 23.6. The van der Waals surface area contributed by atoms with E-state index in [0.717, 1.165) is 17.5 Å². The zero-order chi connectivity index (χ0) is 29.0. The molecule has 0 N–H and O–H groups in total. The van der Waals surface area contributed by atoms with Crippen LogP contribution in [0.5, 0.6) is 0 Å². The maximum absolute atomic E-state index is 12.2. The van der Waals surface area contributed by atoms with E-state index >= 15 is 0 Å². The number of halogens is 2. The average Bonchev–Trinajstić information content (AvgIpc) is 3.03. The molecule has 0 aliphatic carbocycles. The molecule has 4 aromatic rings. The summed E-state index contributed by atoms with van der Waals surface area (Å²) in [6, 6.07) is 36.7. The first-order chi connectivity index (χ1) is 18.9. The van der Waals surface area contributed by atoms with Crippen LogP contribution in [0.2, 0.25) is 0 Å². The second-order valence-electron chi connectivity index (χ2n) is 8.99.